The van der Waals surface area contributed by atoms with Crippen LogP contribution in [0.3, 0.4) is 0 Å². The van der Waals surface area contributed by atoms with Gasteiger partial charge in [0.25, 0.3) is 5.56 Å². The summed E-state index contributed by atoms with van der Waals surface area (Å²) in [5, 5.41) is 14.4. The number of carbonyl (C=O) groups excluding carboxylic acids is 1. The Kier molecular flexibility index (Phi) is 7.12. The number of hydrogen-bond acceptors (Lipinski definition) is 8. The maximum absolute atomic E-state index is 14.3. The Bertz CT molecular complexity index is 1820. The third-order valence-corrected chi connectivity index (χ3v) is 9.47. The summed E-state index contributed by atoms with van der Waals surface area (Å²) in [6, 6.07) is 3.83. The van der Waals surface area contributed by atoms with Crippen LogP contribution < -0.4 is 15.8 Å². The first-order valence-corrected chi connectivity index (χ1v) is 16.0. The van der Waals surface area contributed by atoms with E-state index < -0.39 is 11.7 Å². The zero-order chi connectivity index (χ0) is 30.9. The van der Waals surface area contributed by atoms with E-state index in [-0.39, 0.29) is 29.9 Å². The SMILES string of the molecule is CCn1cc2c(Cl)c(-c3nn(C4CCCCO4)c4nc(N5[C@H]6CC[C@@H]5[C@H](NC(=O)OC(C)(C)C)C6)n(C)c(=O)c34)ccc2n1. The Morgan fingerprint density at radius 1 is 1.18 bits per heavy atom. The summed E-state index contributed by atoms with van der Waals surface area (Å²) in [6.45, 7) is 8.92. The lowest BCUT2D eigenvalue weighted by atomic mass is 9.96. The number of anilines is 1. The predicted molar refractivity (Wildman–Crippen MR) is 168 cm³/mol. The molecule has 2 bridgehead atoms. The summed E-state index contributed by atoms with van der Waals surface area (Å²) in [4.78, 5) is 34.4. The van der Waals surface area contributed by atoms with Crippen molar-refractivity contribution in [1.29, 1.82) is 0 Å². The topological polar surface area (TPSA) is 121 Å². The first kappa shape index (κ1) is 29.1. The number of benzene rings is 1. The van der Waals surface area contributed by atoms with Crippen molar-refractivity contribution in [3.8, 4) is 11.3 Å². The molecule has 0 radical (unpaired) electrons. The molecule has 3 aliphatic heterocycles. The Balaban J connectivity index is 1.34. The number of halogens is 1. The summed E-state index contributed by atoms with van der Waals surface area (Å²) >= 11 is 7.00. The largest absolute Gasteiger partial charge is 0.444 e. The number of carbonyl (C=O) groups is 1. The van der Waals surface area contributed by atoms with E-state index in [1.54, 1.807) is 16.3 Å². The Hall–Kier alpha value is -3.64. The second-order valence-electron chi connectivity index (χ2n) is 13.1. The molecule has 4 aromatic rings. The molecule has 3 aromatic heterocycles. The van der Waals surface area contributed by atoms with E-state index in [2.05, 4.69) is 15.3 Å². The van der Waals surface area contributed by atoms with Crippen LogP contribution >= 0.6 is 11.6 Å². The molecule has 3 fully saturated rings. The van der Waals surface area contributed by atoms with Gasteiger partial charge in [-0.25, -0.2) is 9.48 Å². The van der Waals surface area contributed by atoms with Gasteiger partial charge in [-0.3, -0.25) is 14.0 Å². The molecule has 1 N–H and O–H groups in total. The van der Waals surface area contributed by atoms with Gasteiger partial charge in [0.15, 0.2) is 11.9 Å². The molecule has 3 aliphatic rings. The zero-order valence-corrected chi connectivity index (χ0v) is 26.6. The molecule has 12 nitrogen and oxygen atoms in total. The zero-order valence-electron chi connectivity index (χ0n) is 25.8. The Morgan fingerprint density at radius 2 is 2.00 bits per heavy atom. The van der Waals surface area contributed by atoms with E-state index in [1.165, 1.54) is 0 Å². The molecule has 1 aromatic carbocycles. The molecule has 1 amide bonds. The molecule has 0 saturated carbocycles. The molecule has 13 heteroatoms. The maximum Gasteiger partial charge on any atom is 0.407 e. The van der Waals surface area contributed by atoms with Crippen molar-refractivity contribution in [3.05, 3.63) is 33.7 Å². The number of aryl methyl sites for hydroxylation is 1. The Labute approximate surface area is 260 Å². The molecule has 6 heterocycles. The van der Waals surface area contributed by atoms with Crippen LogP contribution in [0.15, 0.2) is 23.1 Å². The van der Waals surface area contributed by atoms with Crippen LogP contribution in [0.5, 0.6) is 0 Å². The first-order chi connectivity index (χ1) is 21.0. The van der Waals surface area contributed by atoms with Crippen LogP contribution in [0, 0.1) is 0 Å². The van der Waals surface area contributed by atoms with Crippen molar-refractivity contribution >= 4 is 45.6 Å². The van der Waals surface area contributed by atoms with E-state index >= 15 is 0 Å². The van der Waals surface area contributed by atoms with Crippen molar-refractivity contribution in [2.24, 2.45) is 7.05 Å². The van der Waals surface area contributed by atoms with Crippen molar-refractivity contribution in [2.75, 3.05) is 11.5 Å². The van der Waals surface area contributed by atoms with E-state index in [1.807, 2.05) is 50.7 Å². The average molecular weight is 623 g/mol. The van der Waals surface area contributed by atoms with Crippen molar-refractivity contribution in [2.45, 2.75) is 103 Å². The molecule has 4 atom stereocenters. The molecular weight excluding hydrogens is 584 g/mol. The minimum Gasteiger partial charge on any atom is -0.444 e. The summed E-state index contributed by atoms with van der Waals surface area (Å²) in [7, 11) is 1.76. The fourth-order valence-corrected chi connectivity index (χ4v) is 7.36. The van der Waals surface area contributed by atoms with Crippen LogP contribution in [0.2, 0.25) is 5.02 Å². The molecule has 0 spiro atoms. The van der Waals surface area contributed by atoms with Gasteiger partial charge in [-0.1, -0.05) is 11.6 Å². The summed E-state index contributed by atoms with van der Waals surface area (Å²) in [5.74, 6) is 0.567. The van der Waals surface area contributed by atoms with Gasteiger partial charge in [0.05, 0.1) is 22.6 Å². The standard InChI is InChI=1S/C31H39ClN8O4/c1-6-38-16-19-20(35-38)12-11-18(25(19)32)26-24-27(40(36-26)23-9-7-8-14-43-23)34-29(37(5)28(24)41)39-17-10-13-22(39)21(15-17)33-30(42)44-31(2,3)4/h11-12,16-17,21-23H,6-10,13-15H2,1-5H3,(H,33,42)/t17-,21+,22+,23?/m0/s1. The average Bonchev–Trinajstić information content (AvgIpc) is 3.75. The van der Waals surface area contributed by atoms with Gasteiger partial charge in [-0.15, -0.1) is 0 Å². The van der Waals surface area contributed by atoms with Gasteiger partial charge in [0.1, 0.15) is 16.7 Å². The van der Waals surface area contributed by atoms with Gasteiger partial charge in [-0.2, -0.15) is 15.2 Å². The minimum atomic E-state index is -0.584. The highest BCUT2D eigenvalue weighted by atomic mass is 35.5. The van der Waals surface area contributed by atoms with Crippen LogP contribution in [0.1, 0.15) is 72.4 Å². The highest BCUT2D eigenvalue weighted by Crippen LogP contribution is 2.42. The van der Waals surface area contributed by atoms with Crippen LogP contribution in [0.4, 0.5) is 10.7 Å². The minimum absolute atomic E-state index is 0.00297. The van der Waals surface area contributed by atoms with Gasteiger partial charge < -0.3 is 19.7 Å². The van der Waals surface area contributed by atoms with Crippen LogP contribution in [-0.2, 0) is 23.1 Å². The van der Waals surface area contributed by atoms with Gasteiger partial charge >= 0.3 is 6.09 Å². The summed E-state index contributed by atoms with van der Waals surface area (Å²) in [5.41, 5.74) is 1.62. The highest BCUT2D eigenvalue weighted by Gasteiger charge is 2.49. The van der Waals surface area contributed by atoms with E-state index in [0.29, 0.717) is 39.9 Å². The third-order valence-electron chi connectivity index (χ3n) is 9.06. The number of amides is 1. The first-order valence-electron chi connectivity index (χ1n) is 15.6. The van der Waals surface area contributed by atoms with E-state index in [4.69, 9.17) is 31.2 Å². The quantitative estimate of drug-likeness (QED) is 0.324. The third kappa shape index (κ3) is 4.82. The number of nitrogens with zero attached hydrogens (tertiary/aromatic N) is 7. The monoisotopic (exact) mass is 622 g/mol. The fraction of sp³-hybridized carbons (Fsp3) is 0.581. The molecule has 44 heavy (non-hydrogen) atoms. The lowest BCUT2D eigenvalue weighted by molar-refractivity contribution is -0.0368. The van der Waals surface area contributed by atoms with Gasteiger partial charge in [0.2, 0.25) is 5.95 Å². The molecule has 1 unspecified atom stereocenters. The highest BCUT2D eigenvalue weighted by molar-refractivity contribution is 6.38. The predicted octanol–water partition coefficient (Wildman–Crippen LogP) is 5.15. The smallest absolute Gasteiger partial charge is 0.407 e. The van der Waals surface area contributed by atoms with Gasteiger partial charge in [0, 0.05) is 43.4 Å². The number of aromatic nitrogens is 6. The number of nitrogens with one attached hydrogen (secondary N) is 1. The summed E-state index contributed by atoms with van der Waals surface area (Å²) < 4.78 is 16.9. The van der Waals surface area contributed by atoms with Crippen molar-refractivity contribution in [1.82, 2.24) is 34.4 Å². The number of fused-ring (bicyclic) bond motifs is 4. The molecule has 7 rings (SSSR count). The fourth-order valence-electron chi connectivity index (χ4n) is 7.06. The second kappa shape index (κ2) is 10.8. The van der Waals surface area contributed by atoms with Crippen LogP contribution in [0.25, 0.3) is 33.2 Å². The lowest BCUT2D eigenvalue weighted by Crippen LogP contribution is -2.46. The Morgan fingerprint density at radius 3 is 2.73 bits per heavy atom. The second-order valence-corrected chi connectivity index (χ2v) is 13.5. The normalized spacial score (nSPS) is 23.6. The van der Waals surface area contributed by atoms with Gasteiger partial charge in [-0.05, 0) is 78.4 Å². The van der Waals surface area contributed by atoms with Crippen molar-refractivity contribution in [3.63, 3.8) is 0 Å². The number of alkyl carbamates (subject to hydrolysis) is 1. The molecular formula is C31H39ClN8O4. The van der Waals surface area contributed by atoms with Crippen molar-refractivity contribution < 1.29 is 14.3 Å². The lowest BCUT2D eigenvalue weighted by Gasteiger charge is -2.28. The molecule has 3 saturated heterocycles. The number of hydrogen-bond donors (Lipinski definition) is 1. The maximum atomic E-state index is 14.3. The van der Waals surface area contributed by atoms with E-state index in [0.717, 1.165) is 56.0 Å². The molecule has 0 aliphatic carbocycles. The number of ether oxygens (including phenoxy) is 2. The van der Waals surface area contributed by atoms with E-state index in [9.17, 15) is 9.59 Å². The molecule has 234 valence electrons. The summed E-state index contributed by atoms with van der Waals surface area (Å²) in [6.07, 6.45) is 6.51. The number of rotatable bonds is 5. The van der Waals surface area contributed by atoms with Crippen LogP contribution in [-0.4, -0.2) is 65.5 Å².